The van der Waals surface area contributed by atoms with Gasteiger partial charge in [-0.1, -0.05) is 40.7 Å². The fourth-order valence-corrected chi connectivity index (χ4v) is 6.35. The van der Waals surface area contributed by atoms with Crippen LogP contribution in [-0.2, 0) is 19.2 Å². The third kappa shape index (κ3) is 9.16. The predicted octanol–water partition coefficient (Wildman–Crippen LogP) is 5.89. The highest BCUT2D eigenvalue weighted by molar-refractivity contribution is 7.89. The van der Waals surface area contributed by atoms with Crippen LogP contribution in [0, 0.1) is 5.92 Å². The van der Waals surface area contributed by atoms with Crippen molar-refractivity contribution in [2.24, 2.45) is 5.92 Å². The molecule has 39 heavy (non-hydrogen) atoms. The largest absolute Gasteiger partial charge is 0.493 e. The van der Waals surface area contributed by atoms with E-state index in [1.54, 1.807) is 43.9 Å². The van der Waals surface area contributed by atoms with Crippen molar-refractivity contribution in [3.63, 3.8) is 0 Å². The molecule has 0 spiro atoms. The Morgan fingerprint density at radius 3 is 2.31 bits per heavy atom. The minimum atomic E-state index is -4.00. The van der Waals surface area contributed by atoms with Gasteiger partial charge in [0.2, 0.25) is 15.9 Å². The minimum Gasteiger partial charge on any atom is -0.493 e. The van der Waals surface area contributed by atoms with Crippen LogP contribution in [0.1, 0.15) is 61.8 Å². The Hall–Kier alpha value is -2.21. The van der Waals surface area contributed by atoms with Crippen LogP contribution >= 0.6 is 0 Å². The van der Waals surface area contributed by atoms with Gasteiger partial charge in [0.15, 0.2) is 8.32 Å². The Bertz CT molecular complexity index is 1240. The number of aromatic nitrogens is 1. The number of pyridine rings is 1. The summed E-state index contributed by atoms with van der Waals surface area (Å²) in [6.45, 7) is 21.1. The maximum Gasteiger partial charge on any atom is 0.410 e. The molecule has 0 fully saturated rings. The quantitative estimate of drug-likeness (QED) is 0.251. The highest BCUT2D eigenvalue weighted by Crippen LogP contribution is 2.36. The van der Waals surface area contributed by atoms with Gasteiger partial charge in [-0.05, 0) is 69.4 Å². The summed E-state index contributed by atoms with van der Waals surface area (Å²) in [4.78, 5) is 18.6. The maximum atomic E-state index is 13.6. The van der Waals surface area contributed by atoms with Crippen LogP contribution in [0.3, 0.4) is 0 Å². The average molecular weight is 582 g/mol. The number of benzene rings is 1. The van der Waals surface area contributed by atoms with Crippen molar-refractivity contribution in [3.8, 4) is 5.88 Å². The Balaban J connectivity index is 2.27. The second kappa shape index (κ2) is 12.5. The zero-order valence-electron chi connectivity index (χ0n) is 25.2. The van der Waals surface area contributed by atoms with E-state index in [0.29, 0.717) is 30.3 Å². The molecule has 0 bridgehead atoms. The lowest BCUT2D eigenvalue weighted by molar-refractivity contribution is 0.0218. The molecule has 9 nitrogen and oxygen atoms in total. The van der Waals surface area contributed by atoms with Crippen molar-refractivity contribution >= 4 is 35.2 Å². The lowest BCUT2D eigenvalue weighted by atomic mass is 10.1. The molecule has 0 saturated carbocycles. The fourth-order valence-electron chi connectivity index (χ4n) is 3.66. The Morgan fingerprint density at radius 2 is 1.74 bits per heavy atom. The maximum absolute atomic E-state index is 13.6. The van der Waals surface area contributed by atoms with Crippen molar-refractivity contribution in [2.75, 3.05) is 19.7 Å². The summed E-state index contributed by atoms with van der Waals surface area (Å²) >= 11 is 0. The second-order valence-corrected chi connectivity index (χ2v) is 19.3. The van der Waals surface area contributed by atoms with Crippen LogP contribution in [0.25, 0.3) is 10.8 Å². The number of sulfonamides is 1. The van der Waals surface area contributed by atoms with Gasteiger partial charge < -0.3 is 19.2 Å². The van der Waals surface area contributed by atoms with Gasteiger partial charge in [0, 0.05) is 42.7 Å². The first-order valence-electron chi connectivity index (χ1n) is 13.5. The molecule has 1 heterocycles. The lowest BCUT2D eigenvalue weighted by Gasteiger charge is -2.36. The van der Waals surface area contributed by atoms with E-state index in [1.165, 1.54) is 12.3 Å². The van der Waals surface area contributed by atoms with Gasteiger partial charge in [-0.3, -0.25) is 0 Å². The molecule has 2 rings (SSSR count). The van der Waals surface area contributed by atoms with Gasteiger partial charge in [-0.2, -0.15) is 0 Å². The summed E-state index contributed by atoms with van der Waals surface area (Å²) in [5, 5.41) is 10.9. The van der Waals surface area contributed by atoms with Crippen LogP contribution in [-0.4, -0.2) is 69.2 Å². The Morgan fingerprint density at radius 1 is 1.10 bits per heavy atom. The number of ether oxygens (including phenoxy) is 1. The number of aromatic hydroxyl groups is 1. The highest BCUT2D eigenvalue weighted by atomic mass is 32.2. The predicted molar refractivity (Wildman–Crippen MR) is 158 cm³/mol. The number of amides is 1. The van der Waals surface area contributed by atoms with Gasteiger partial charge in [-0.15, -0.1) is 0 Å². The van der Waals surface area contributed by atoms with E-state index in [-0.39, 0.29) is 28.3 Å². The number of nitrogens with one attached hydrogen (secondary N) is 1. The van der Waals surface area contributed by atoms with Gasteiger partial charge in [0.1, 0.15) is 5.60 Å². The van der Waals surface area contributed by atoms with E-state index >= 15 is 0 Å². The first kappa shape index (κ1) is 33.0. The van der Waals surface area contributed by atoms with Crippen LogP contribution in [0.2, 0.25) is 18.1 Å². The average Bonchev–Trinajstić information content (AvgIpc) is 2.78. The number of carbonyl (C=O) groups excluding carboxylic acids is 1. The van der Waals surface area contributed by atoms with Crippen LogP contribution in [0.5, 0.6) is 5.88 Å². The van der Waals surface area contributed by atoms with Crippen molar-refractivity contribution in [2.45, 2.75) is 96.5 Å². The summed E-state index contributed by atoms with van der Waals surface area (Å²) in [6.07, 6.45) is 1.46. The molecule has 0 aliphatic rings. The van der Waals surface area contributed by atoms with E-state index in [0.717, 1.165) is 0 Å². The highest BCUT2D eigenvalue weighted by Gasteiger charge is 2.37. The first-order valence-corrected chi connectivity index (χ1v) is 17.9. The fraction of sp³-hybridized carbons (Fsp3) is 0.643. The summed E-state index contributed by atoms with van der Waals surface area (Å²) < 4.78 is 41.9. The number of fused-ring (bicyclic) bond motifs is 1. The molecular weight excluding hydrogens is 534 g/mol. The van der Waals surface area contributed by atoms with E-state index < -0.39 is 36.1 Å². The molecule has 0 aliphatic heterocycles. The monoisotopic (exact) mass is 581 g/mol. The SMILES string of the molecule is CC(C)C(CN(CCCO[Si](C)(C)C(C)(C)C)C(=O)OC(C)(C)C)NS(=O)(=O)c1cccc2c(O)nccc12. The van der Waals surface area contributed by atoms with E-state index in [1.807, 2.05) is 13.8 Å². The van der Waals surface area contributed by atoms with Gasteiger partial charge >= 0.3 is 6.09 Å². The molecule has 11 heteroatoms. The molecule has 1 aromatic carbocycles. The normalized spacial score (nSPS) is 14.0. The number of carbonyl (C=O) groups is 1. The molecule has 1 amide bonds. The molecule has 1 atom stereocenters. The Kier molecular flexibility index (Phi) is 10.6. The van der Waals surface area contributed by atoms with Crippen LogP contribution in [0.4, 0.5) is 4.79 Å². The van der Waals surface area contributed by atoms with Crippen molar-refractivity contribution in [3.05, 3.63) is 30.5 Å². The molecule has 0 saturated heterocycles. The molecule has 0 radical (unpaired) electrons. The molecule has 1 aromatic heterocycles. The van der Waals surface area contributed by atoms with Gasteiger partial charge in [0.25, 0.3) is 0 Å². The van der Waals surface area contributed by atoms with Crippen molar-refractivity contribution < 1.29 is 27.5 Å². The zero-order chi connectivity index (χ0) is 29.8. The summed E-state index contributed by atoms with van der Waals surface area (Å²) in [5.74, 6) is -0.362. The topological polar surface area (TPSA) is 118 Å². The first-order chi connectivity index (χ1) is 17.7. The molecule has 0 aliphatic carbocycles. The third-order valence-corrected chi connectivity index (χ3v) is 13.1. The third-order valence-electron chi connectivity index (χ3n) is 7.06. The van der Waals surface area contributed by atoms with Crippen LogP contribution < -0.4 is 4.72 Å². The van der Waals surface area contributed by atoms with Crippen LogP contribution in [0.15, 0.2) is 35.4 Å². The second-order valence-electron chi connectivity index (χ2n) is 12.8. The molecular formula is C28H47N3O6SSi. The molecule has 2 aromatic rings. The summed E-state index contributed by atoms with van der Waals surface area (Å²) in [7, 11) is -5.94. The minimum absolute atomic E-state index is 0.0370. The molecule has 220 valence electrons. The van der Waals surface area contributed by atoms with Crippen molar-refractivity contribution in [1.82, 2.24) is 14.6 Å². The number of hydrogen-bond acceptors (Lipinski definition) is 7. The van der Waals surface area contributed by atoms with Gasteiger partial charge in [-0.25, -0.2) is 22.9 Å². The lowest BCUT2D eigenvalue weighted by Crippen LogP contribution is -2.50. The zero-order valence-corrected chi connectivity index (χ0v) is 27.0. The smallest absolute Gasteiger partial charge is 0.410 e. The van der Waals surface area contributed by atoms with E-state index in [4.69, 9.17) is 9.16 Å². The standard InChI is InChI=1S/C28H47N3O6SSi/c1-20(2)23(30-38(34,35)24-14-11-13-22-21(24)15-16-29-25(22)32)19-31(26(33)37-27(3,4)5)17-12-18-36-39(9,10)28(6,7)8/h11,13-16,20,23,30H,12,17-19H2,1-10H3,(H,29,32). The molecule has 1 unspecified atom stereocenters. The molecule has 2 N–H and O–H groups in total. The number of hydrogen-bond donors (Lipinski definition) is 2. The number of nitrogens with zero attached hydrogens (tertiary/aromatic N) is 2. The van der Waals surface area contributed by atoms with E-state index in [2.05, 4.69) is 43.6 Å². The Labute approximate surface area is 235 Å². The van der Waals surface area contributed by atoms with Gasteiger partial charge in [0.05, 0.1) is 4.90 Å². The van der Waals surface area contributed by atoms with Crippen molar-refractivity contribution in [1.29, 1.82) is 0 Å². The summed E-state index contributed by atoms with van der Waals surface area (Å²) in [5.41, 5.74) is -0.696. The van der Waals surface area contributed by atoms with E-state index in [9.17, 15) is 18.3 Å². The summed E-state index contributed by atoms with van der Waals surface area (Å²) in [6, 6.07) is 5.65. The number of rotatable bonds is 11.